The van der Waals surface area contributed by atoms with Gasteiger partial charge in [-0.2, -0.15) is 5.10 Å². The third-order valence-corrected chi connectivity index (χ3v) is 6.40. The predicted octanol–water partition coefficient (Wildman–Crippen LogP) is 4.29. The van der Waals surface area contributed by atoms with E-state index in [0.29, 0.717) is 0 Å². The fraction of sp³-hybridized carbons (Fsp3) is 0.111. The standard InChI is InChI=1S/C18H14N6S2/c1-11-15(12(2)24(22-11)13-6-4-3-5-7-13)26-18-21-20-17-16-14(8-9-25-16)19-10-23(17)18/h3-10H,1-2H3. The van der Waals surface area contributed by atoms with Crippen molar-refractivity contribution in [2.24, 2.45) is 0 Å². The molecule has 1 aromatic carbocycles. The van der Waals surface area contributed by atoms with E-state index < -0.39 is 0 Å². The third-order valence-electron chi connectivity index (χ3n) is 4.24. The van der Waals surface area contributed by atoms with Gasteiger partial charge in [-0.25, -0.2) is 9.67 Å². The molecule has 5 rings (SSSR count). The minimum absolute atomic E-state index is 0.793. The monoisotopic (exact) mass is 378 g/mol. The average Bonchev–Trinajstić information content (AvgIpc) is 3.36. The number of aryl methyl sites for hydroxylation is 1. The molecule has 0 radical (unpaired) electrons. The summed E-state index contributed by atoms with van der Waals surface area (Å²) in [6.45, 7) is 4.10. The molecule has 0 bridgehead atoms. The Labute approximate surface area is 157 Å². The van der Waals surface area contributed by atoms with Gasteiger partial charge >= 0.3 is 0 Å². The van der Waals surface area contributed by atoms with E-state index in [1.54, 1.807) is 29.4 Å². The molecule has 128 valence electrons. The van der Waals surface area contributed by atoms with Gasteiger partial charge in [-0.05, 0) is 49.2 Å². The number of fused-ring (bicyclic) bond motifs is 3. The number of aromatic nitrogens is 6. The summed E-state index contributed by atoms with van der Waals surface area (Å²) in [4.78, 5) is 5.59. The van der Waals surface area contributed by atoms with E-state index in [-0.39, 0.29) is 0 Å². The first-order valence-electron chi connectivity index (χ1n) is 8.09. The number of nitrogens with zero attached hydrogens (tertiary/aromatic N) is 6. The van der Waals surface area contributed by atoms with Crippen LogP contribution in [-0.2, 0) is 0 Å². The summed E-state index contributed by atoms with van der Waals surface area (Å²) in [6.07, 6.45) is 1.79. The summed E-state index contributed by atoms with van der Waals surface area (Å²) in [5.74, 6) is 0. The van der Waals surface area contributed by atoms with E-state index in [1.807, 2.05) is 45.7 Å². The van der Waals surface area contributed by atoms with E-state index in [9.17, 15) is 0 Å². The van der Waals surface area contributed by atoms with Gasteiger partial charge in [0.15, 0.2) is 5.65 Å². The van der Waals surface area contributed by atoms with Crippen molar-refractivity contribution < 1.29 is 0 Å². The van der Waals surface area contributed by atoms with Gasteiger partial charge in [-0.15, -0.1) is 21.5 Å². The lowest BCUT2D eigenvalue weighted by molar-refractivity contribution is 0.832. The highest BCUT2D eigenvalue weighted by atomic mass is 32.2. The van der Waals surface area contributed by atoms with Crippen LogP contribution in [0.2, 0.25) is 0 Å². The second kappa shape index (κ2) is 5.93. The van der Waals surface area contributed by atoms with Crippen LogP contribution in [0.15, 0.2) is 58.2 Å². The van der Waals surface area contributed by atoms with Crippen LogP contribution in [0.5, 0.6) is 0 Å². The van der Waals surface area contributed by atoms with Crippen molar-refractivity contribution in [2.75, 3.05) is 0 Å². The Morgan fingerprint density at radius 3 is 2.73 bits per heavy atom. The molecular weight excluding hydrogens is 364 g/mol. The number of hydrogen-bond acceptors (Lipinski definition) is 6. The molecule has 0 unspecified atom stereocenters. The van der Waals surface area contributed by atoms with Gasteiger partial charge in [-0.3, -0.25) is 4.40 Å². The van der Waals surface area contributed by atoms with Crippen LogP contribution >= 0.6 is 23.1 Å². The molecule has 5 aromatic rings. The van der Waals surface area contributed by atoms with Crippen LogP contribution < -0.4 is 0 Å². The molecule has 6 nitrogen and oxygen atoms in total. The molecule has 0 aliphatic carbocycles. The molecular formula is C18H14N6S2. The summed E-state index contributed by atoms with van der Waals surface area (Å²) in [7, 11) is 0. The third kappa shape index (κ3) is 2.33. The summed E-state index contributed by atoms with van der Waals surface area (Å²) in [6, 6.07) is 12.1. The topological polar surface area (TPSA) is 60.9 Å². The van der Waals surface area contributed by atoms with Crippen LogP contribution in [-0.4, -0.2) is 29.4 Å². The smallest absolute Gasteiger partial charge is 0.201 e. The number of para-hydroxylation sites is 1. The van der Waals surface area contributed by atoms with Crippen LogP contribution in [0.4, 0.5) is 0 Å². The molecule has 8 heteroatoms. The predicted molar refractivity (Wildman–Crippen MR) is 103 cm³/mol. The molecule has 0 spiro atoms. The number of benzene rings is 1. The highest BCUT2D eigenvalue weighted by molar-refractivity contribution is 7.99. The Morgan fingerprint density at radius 1 is 1.04 bits per heavy atom. The molecule has 0 atom stereocenters. The number of rotatable bonds is 3. The van der Waals surface area contributed by atoms with Gasteiger partial charge in [0, 0.05) is 0 Å². The van der Waals surface area contributed by atoms with Crippen LogP contribution in [0.3, 0.4) is 0 Å². The fourth-order valence-corrected chi connectivity index (χ4v) is 4.72. The van der Waals surface area contributed by atoms with E-state index in [1.165, 1.54) is 0 Å². The van der Waals surface area contributed by atoms with Crippen LogP contribution in [0.1, 0.15) is 11.4 Å². The van der Waals surface area contributed by atoms with Crippen molar-refractivity contribution in [1.29, 1.82) is 0 Å². The highest BCUT2D eigenvalue weighted by Gasteiger charge is 2.18. The summed E-state index contributed by atoms with van der Waals surface area (Å²) in [5, 5.41) is 16.3. The molecule has 0 fully saturated rings. The Bertz CT molecular complexity index is 1240. The largest absolute Gasteiger partial charge is 0.259 e. The van der Waals surface area contributed by atoms with Gasteiger partial charge in [-0.1, -0.05) is 18.2 Å². The Hall–Kier alpha value is -2.71. The number of thiophene rings is 1. The zero-order chi connectivity index (χ0) is 17.7. The second-order valence-electron chi connectivity index (χ2n) is 5.91. The Kier molecular flexibility index (Phi) is 3.54. The van der Waals surface area contributed by atoms with E-state index in [0.717, 1.165) is 43.0 Å². The summed E-state index contributed by atoms with van der Waals surface area (Å²) in [5.41, 5.74) is 4.90. The zero-order valence-electron chi connectivity index (χ0n) is 14.1. The number of hydrogen-bond donors (Lipinski definition) is 0. The molecule has 0 saturated carbocycles. The Balaban J connectivity index is 1.60. The van der Waals surface area contributed by atoms with Crippen molar-refractivity contribution in [1.82, 2.24) is 29.4 Å². The van der Waals surface area contributed by atoms with Crippen LogP contribution in [0, 0.1) is 13.8 Å². The van der Waals surface area contributed by atoms with Crippen molar-refractivity contribution in [2.45, 2.75) is 23.9 Å². The molecule has 0 aliphatic heterocycles. The molecule has 0 amide bonds. The lowest BCUT2D eigenvalue weighted by atomic mass is 10.3. The summed E-state index contributed by atoms with van der Waals surface area (Å²) < 4.78 is 4.97. The SMILES string of the molecule is Cc1nn(-c2ccccc2)c(C)c1Sc1nnc2c3sccc3ncn12. The molecule has 26 heavy (non-hydrogen) atoms. The average molecular weight is 378 g/mol. The van der Waals surface area contributed by atoms with Crippen molar-refractivity contribution >= 4 is 39.0 Å². The van der Waals surface area contributed by atoms with Crippen molar-refractivity contribution in [3.8, 4) is 5.69 Å². The first-order chi connectivity index (χ1) is 12.7. The molecule has 0 saturated heterocycles. The Morgan fingerprint density at radius 2 is 1.88 bits per heavy atom. The lowest BCUT2D eigenvalue weighted by Crippen LogP contribution is -1.98. The quantitative estimate of drug-likeness (QED) is 0.469. The fourth-order valence-electron chi connectivity index (χ4n) is 2.98. The van der Waals surface area contributed by atoms with Gasteiger partial charge in [0.2, 0.25) is 5.16 Å². The zero-order valence-corrected chi connectivity index (χ0v) is 15.8. The first-order valence-corrected chi connectivity index (χ1v) is 9.78. The normalized spacial score (nSPS) is 11.6. The van der Waals surface area contributed by atoms with E-state index in [4.69, 9.17) is 5.10 Å². The van der Waals surface area contributed by atoms with Gasteiger partial charge in [0.05, 0.1) is 32.2 Å². The maximum atomic E-state index is 4.71. The maximum absolute atomic E-state index is 4.71. The maximum Gasteiger partial charge on any atom is 0.201 e. The van der Waals surface area contributed by atoms with Crippen molar-refractivity contribution in [3.05, 3.63) is 59.5 Å². The first kappa shape index (κ1) is 15.5. The van der Waals surface area contributed by atoms with Gasteiger partial charge in [0.1, 0.15) is 6.33 Å². The lowest BCUT2D eigenvalue weighted by Gasteiger charge is -2.04. The van der Waals surface area contributed by atoms with Gasteiger partial charge in [0.25, 0.3) is 0 Å². The minimum Gasteiger partial charge on any atom is -0.259 e. The van der Waals surface area contributed by atoms with Crippen molar-refractivity contribution in [3.63, 3.8) is 0 Å². The molecule has 0 aliphatic rings. The molecule has 0 N–H and O–H groups in total. The van der Waals surface area contributed by atoms with E-state index >= 15 is 0 Å². The summed E-state index contributed by atoms with van der Waals surface area (Å²) >= 11 is 3.21. The minimum atomic E-state index is 0.793. The molecule has 4 heterocycles. The highest BCUT2D eigenvalue weighted by Crippen LogP contribution is 2.34. The second-order valence-corrected chi connectivity index (χ2v) is 7.80. The van der Waals surface area contributed by atoms with E-state index in [2.05, 4.69) is 34.2 Å². The van der Waals surface area contributed by atoms with Crippen LogP contribution in [0.25, 0.3) is 21.6 Å². The molecule has 4 aromatic heterocycles. The van der Waals surface area contributed by atoms with Gasteiger partial charge < -0.3 is 0 Å².